The Kier molecular flexibility index (Phi) is 38.8. The molecule has 610 valence electrons. The number of carbonyl (C=O) groups is 2. The molecule has 3 aliphatic heterocycles. The first kappa shape index (κ1) is 93.3. The summed E-state index contributed by atoms with van der Waals surface area (Å²) in [6.45, 7) is 14.7. The van der Waals surface area contributed by atoms with E-state index in [9.17, 15) is 79.5 Å². The molecule has 1 atom stereocenters. The predicted octanol–water partition coefficient (Wildman–Crippen LogP) is 18.8. The average Bonchev–Trinajstić information content (AvgIpc) is 1.68. The molecule has 2 N–H and O–H groups in total. The molecule has 3 aliphatic rings. The maximum Gasteiger partial charge on any atom is 0.480 e. The third kappa shape index (κ3) is 28.7. The Morgan fingerprint density at radius 1 is 0.560 bits per heavy atom. The largest absolute Gasteiger partial charge is 0.480 e. The molecular weight excluding hydrogens is 1510 g/mol. The van der Waals surface area contributed by atoms with Crippen molar-refractivity contribution in [3.63, 3.8) is 0 Å². The van der Waals surface area contributed by atoms with Gasteiger partial charge in [-0.05, 0) is 121 Å². The van der Waals surface area contributed by atoms with E-state index in [1.165, 1.54) is 155 Å². The molecule has 1 unspecified atom stereocenters. The summed E-state index contributed by atoms with van der Waals surface area (Å²) in [7, 11) is -22.3. The van der Waals surface area contributed by atoms with E-state index in [0.29, 0.717) is 30.1 Å². The Labute approximate surface area is 642 Å². The highest BCUT2D eigenvalue weighted by atomic mass is 32.3. The lowest BCUT2D eigenvalue weighted by atomic mass is 10.1. The minimum absolute atomic E-state index is 0.0146. The van der Waals surface area contributed by atoms with Crippen LogP contribution in [0.5, 0.6) is 0 Å². The van der Waals surface area contributed by atoms with Crippen LogP contribution in [0, 0.1) is 0 Å². The number of carbonyl (C=O) groups excluding carboxylic acids is 2. The fraction of sp³-hybridized carbons (Fsp3) is 0.577. The number of para-hydroxylation sites is 2. The quantitative estimate of drug-likeness (QED) is 0.0163. The zero-order valence-electron chi connectivity index (χ0n) is 63.4. The number of alkyl halides is 9. The molecule has 0 saturated carbocycles. The van der Waals surface area contributed by atoms with Crippen molar-refractivity contribution in [2.24, 2.45) is 0 Å². The highest BCUT2D eigenvalue weighted by Gasteiger charge is 2.81. The molecule has 9 rings (SSSR count). The molecule has 18 nitrogen and oxygen atoms in total. The van der Waals surface area contributed by atoms with E-state index in [1.54, 1.807) is 4.90 Å². The average molecular weight is 1620 g/mol. The van der Waals surface area contributed by atoms with E-state index in [0.717, 1.165) is 28.8 Å². The van der Waals surface area contributed by atoms with Crippen molar-refractivity contribution >= 4 is 64.1 Å². The number of imidazole rings is 1. The minimum atomic E-state index is -7.95. The highest BCUT2D eigenvalue weighted by molar-refractivity contribution is 8.13. The van der Waals surface area contributed by atoms with Crippen molar-refractivity contribution in [3.05, 3.63) is 150 Å². The second-order valence-corrected chi connectivity index (χ2v) is 35.0. The van der Waals surface area contributed by atoms with Gasteiger partial charge in [-0.2, -0.15) is 43.8 Å². The van der Waals surface area contributed by atoms with Gasteiger partial charge in [0.1, 0.15) is 17.5 Å². The summed E-state index contributed by atoms with van der Waals surface area (Å²) in [5.41, 5.74) is -3.89. The van der Waals surface area contributed by atoms with Crippen LogP contribution in [0.4, 0.5) is 44.3 Å². The molecule has 109 heavy (non-hydrogen) atoms. The first-order valence-electron chi connectivity index (χ1n) is 37.7. The molecule has 31 heteroatoms. The number of piperidine rings is 1. The first-order chi connectivity index (χ1) is 51.6. The lowest BCUT2D eigenvalue weighted by Gasteiger charge is -2.40. The maximum absolute atomic E-state index is 14.3. The Balaban J connectivity index is 0.000000253. The summed E-state index contributed by atoms with van der Waals surface area (Å²) < 4.78 is 200. The lowest BCUT2D eigenvalue weighted by molar-refractivity contribution is -0.244. The number of rotatable bonds is 35. The summed E-state index contributed by atoms with van der Waals surface area (Å²) in [5, 5.41) is -5.12. The number of ether oxygens (including phenoxy) is 2. The lowest BCUT2D eigenvalue weighted by Crippen LogP contribution is -2.65. The zero-order chi connectivity index (χ0) is 80.4. The van der Waals surface area contributed by atoms with Gasteiger partial charge in [-0.25, -0.2) is 35.0 Å². The van der Waals surface area contributed by atoms with Gasteiger partial charge in [0.05, 0.1) is 34.6 Å². The number of fused-ring (bicyclic) bond motifs is 1. The minimum Gasteiger partial charge on any atom is -0.464 e. The van der Waals surface area contributed by atoms with Crippen LogP contribution in [0.2, 0.25) is 0 Å². The normalized spacial score (nSPS) is 15.9. The summed E-state index contributed by atoms with van der Waals surface area (Å²) in [5.74, 6) is -7.33. The van der Waals surface area contributed by atoms with Crippen LogP contribution in [-0.4, -0.2) is 177 Å². The Bertz CT molecular complexity index is 3770. The number of cyclic esters (lactones) is 1. The molecule has 3 fully saturated rings. The number of nitrogens with one attached hydrogen (secondary N) is 1. The monoisotopic (exact) mass is 1620 g/mol. The number of benzene rings is 5. The van der Waals surface area contributed by atoms with Crippen molar-refractivity contribution in [3.8, 4) is 11.4 Å². The smallest absolute Gasteiger partial charge is 0.464 e. The van der Waals surface area contributed by atoms with E-state index in [2.05, 4.69) is 144 Å². The van der Waals surface area contributed by atoms with Gasteiger partial charge in [-0.1, -0.05) is 221 Å². The van der Waals surface area contributed by atoms with Gasteiger partial charge in [0.15, 0.2) is 34.7 Å². The number of aromatic nitrogens is 2. The van der Waals surface area contributed by atoms with Crippen LogP contribution in [0.1, 0.15) is 183 Å². The van der Waals surface area contributed by atoms with Crippen LogP contribution in [0.3, 0.4) is 0 Å². The summed E-state index contributed by atoms with van der Waals surface area (Å²) in [6, 6.07) is 49.4. The van der Waals surface area contributed by atoms with Crippen LogP contribution in [0.25, 0.3) is 26.5 Å². The van der Waals surface area contributed by atoms with Crippen LogP contribution in [0.15, 0.2) is 160 Å². The predicted molar refractivity (Wildman–Crippen MR) is 411 cm³/mol. The number of hydrogen-bond acceptors (Lipinski definition) is 14. The Morgan fingerprint density at radius 2 is 0.972 bits per heavy atom. The molecule has 0 bridgehead atoms. The molecule has 0 spiro atoms. The summed E-state index contributed by atoms with van der Waals surface area (Å²) in [6.07, 6.45) is 27.4. The van der Waals surface area contributed by atoms with Gasteiger partial charge in [0.2, 0.25) is 0 Å². The molecule has 1 aromatic heterocycles. The fourth-order valence-electron chi connectivity index (χ4n) is 11.8. The van der Waals surface area contributed by atoms with Crippen LogP contribution >= 0.6 is 0 Å². The molecule has 0 aliphatic carbocycles. The Hall–Kier alpha value is -6.32. The molecule has 6 aromatic rings. The number of nitrogens with zero attached hydrogens (tertiary/aromatic N) is 6. The topological polar surface area (TPSA) is 231 Å². The number of halogens is 9. The number of unbranched alkanes of at least 4 members (excludes halogenated alkanes) is 15. The van der Waals surface area contributed by atoms with E-state index in [-0.39, 0.29) is 36.1 Å². The van der Waals surface area contributed by atoms with E-state index in [1.807, 2.05) is 63.2 Å². The van der Waals surface area contributed by atoms with Gasteiger partial charge >= 0.3 is 34.0 Å². The summed E-state index contributed by atoms with van der Waals surface area (Å²) >= 11 is 0. The number of aliphatic hydroxyl groups excluding tert-OH is 1. The van der Waals surface area contributed by atoms with Gasteiger partial charge in [0, 0.05) is 51.3 Å². The SMILES string of the molecule is CCC(C)(C)OC(=O)N1CCC(O)CC1.CCCCCCCCN(CCCCCCCC)CCCCCCCC.O=C1OCCC1N1CCN(S(=O)(=O)C(F)(F)C(F)(F)C(F)(F)S(=O)(=O)[N-]S(=O)(=O)C(F)(F)F)CC1.c1ccc(-c2nc3ccccc3[nH]2)cc1.c1ccc([S+](c2ccccc2)c2ccccc2)cc1. The van der Waals surface area contributed by atoms with Crippen molar-refractivity contribution in [1.29, 1.82) is 0 Å². The Morgan fingerprint density at radius 3 is 1.38 bits per heavy atom. The number of amides is 1. The molecule has 1 amide bonds. The first-order valence-corrected chi connectivity index (χ1v) is 43.3. The van der Waals surface area contributed by atoms with Gasteiger partial charge in [-0.3, -0.25) is 9.69 Å². The third-order valence-corrected chi connectivity index (χ3v) is 25.9. The number of piperazine rings is 1. The second kappa shape index (κ2) is 45.4. The number of esters is 1. The number of sulfonamides is 3. The zero-order valence-corrected chi connectivity index (χ0v) is 66.7. The van der Waals surface area contributed by atoms with Crippen molar-refractivity contribution in [2.45, 2.75) is 237 Å². The number of likely N-dealkylation sites (tertiary alicyclic amines) is 1. The number of aromatic amines is 1. The molecule has 4 heterocycles. The maximum atomic E-state index is 14.3. The molecule has 3 saturated heterocycles. The highest BCUT2D eigenvalue weighted by Crippen LogP contribution is 2.54. The van der Waals surface area contributed by atoms with Gasteiger partial charge < -0.3 is 33.5 Å². The number of aliphatic hydroxyl groups is 1. The van der Waals surface area contributed by atoms with Crippen molar-refractivity contribution < 1.29 is 88.9 Å². The van der Waals surface area contributed by atoms with Gasteiger partial charge in [0.25, 0.3) is 10.0 Å². The summed E-state index contributed by atoms with van der Waals surface area (Å²) in [4.78, 5) is 40.8. The molecule has 0 radical (unpaired) electrons. The third-order valence-electron chi connectivity index (χ3n) is 18.6. The number of hydrogen-bond donors (Lipinski definition) is 2. The van der Waals surface area contributed by atoms with E-state index in [4.69, 9.17) is 4.74 Å². The second-order valence-electron chi connectivity index (χ2n) is 27.5. The van der Waals surface area contributed by atoms with Crippen LogP contribution in [-0.2, 0) is 55.2 Å². The standard InChI is InChI=1S/C24H51N.C18H15S.C13H10N2.C12H13F9N3O8S3.C11H21NO3/c1-4-7-10-13-16-19-22-25(23-20-17-14-11-8-5-2)24-21-18-15-12-9-6-3;1-4-10-16(11-5-1)19(17-12-6-2-7-13-17)18-14-8-3-9-15-18;1-2-6-10(7-3-1)13-14-11-8-4-5-9-12(11)15-13;13-9(14,10(15,16)33(26,27)22-34(28,29)12(19,20)21)11(17,18)35(30,31)24-4-2-23(3-5-24)7-1-6-32-8(7)25;1-4-11(2,3)15-10(14)12-7-5-9(13)6-8-12/h4-24H2,1-3H3;1-15H;1-9H,(H,14,15);7H,1-6H2;9,13H,4-8H2,1-3H3/q;+1;;-1;. The van der Waals surface area contributed by atoms with E-state index < -0.39 is 100 Å². The van der Waals surface area contributed by atoms with Crippen LogP contribution < -0.4 is 0 Å². The van der Waals surface area contributed by atoms with Gasteiger partial charge in [-0.15, -0.1) is 0 Å². The fourth-order valence-corrected chi connectivity index (χ4v) is 17.6. The van der Waals surface area contributed by atoms with Crippen molar-refractivity contribution in [1.82, 2.24) is 29.0 Å². The van der Waals surface area contributed by atoms with Crippen molar-refractivity contribution in [2.75, 3.05) is 65.5 Å². The number of H-pyrrole nitrogens is 1. The molecular formula is C78H110F9N7O11S4. The molecule has 5 aromatic carbocycles. The van der Waals surface area contributed by atoms with E-state index >= 15 is 0 Å².